The van der Waals surface area contributed by atoms with Gasteiger partial charge in [-0.15, -0.1) is 0 Å². The molecule has 2 rings (SSSR count). The van der Waals surface area contributed by atoms with Gasteiger partial charge in [0.15, 0.2) is 0 Å². The molecule has 1 aliphatic heterocycles. The normalized spacial score (nSPS) is 24.5. The van der Waals surface area contributed by atoms with Crippen LogP contribution in [0.2, 0.25) is 0 Å². The van der Waals surface area contributed by atoms with E-state index in [-0.39, 0.29) is 5.92 Å². The summed E-state index contributed by atoms with van der Waals surface area (Å²) >= 11 is 0. The summed E-state index contributed by atoms with van der Waals surface area (Å²) in [5.41, 5.74) is 0.296. The maximum Gasteiger partial charge on any atom is 0.129 e. The molecule has 3 heteroatoms. The number of benzene rings is 1. The lowest BCUT2D eigenvalue weighted by Gasteiger charge is -2.34. The molecule has 1 fully saturated rings. The molecule has 0 saturated carbocycles. The monoisotopic (exact) mass is 253 g/mol. The molecule has 0 bridgehead atoms. The van der Waals surface area contributed by atoms with Crippen LogP contribution in [0, 0.1) is 23.5 Å². The highest BCUT2D eigenvalue weighted by molar-refractivity contribution is 5.25. The minimum Gasteiger partial charge on any atom is -0.316 e. The van der Waals surface area contributed by atoms with Gasteiger partial charge in [0.25, 0.3) is 0 Å². The SMILES string of the molecule is CC(C)CC1CNCCC1c1c(F)cccc1F. The molecule has 1 saturated heterocycles. The second-order valence-electron chi connectivity index (χ2n) is 5.62. The van der Waals surface area contributed by atoms with E-state index >= 15 is 0 Å². The topological polar surface area (TPSA) is 12.0 Å². The molecule has 1 heterocycles. The van der Waals surface area contributed by atoms with Gasteiger partial charge >= 0.3 is 0 Å². The average Bonchev–Trinajstić information content (AvgIpc) is 2.30. The number of nitrogens with one attached hydrogen (secondary N) is 1. The van der Waals surface area contributed by atoms with Crippen molar-refractivity contribution in [2.24, 2.45) is 11.8 Å². The van der Waals surface area contributed by atoms with Crippen LogP contribution in [0.5, 0.6) is 0 Å². The summed E-state index contributed by atoms with van der Waals surface area (Å²) in [5, 5.41) is 3.33. The third kappa shape index (κ3) is 2.89. The number of piperidine rings is 1. The molecule has 0 spiro atoms. The van der Waals surface area contributed by atoms with E-state index in [9.17, 15) is 8.78 Å². The molecule has 1 aromatic carbocycles. The summed E-state index contributed by atoms with van der Waals surface area (Å²) in [4.78, 5) is 0. The van der Waals surface area contributed by atoms with Gasteiger partial charge in [0.1, 0.15) is 11.6 Å². The standard InChI is InChI=1S/C15H21F2N/c1-10(2)8-11-9-18-7-6-12(11)15-13(16)4-3-5-14(15)17/h3-5,10-12,18H,6-9H2,1-2H3. The highest BCUT2D eigenvalue weighted by Gasteiger charge is 2.30. The molecule has 0 radical (unpaired) electrons. The van der Waals surface area contributed by atoms with Crippen LogP contribution in [0.25, 0.3) is 0 Å². The van der Waals surface area contributed by atoms with Crippen molar-refractivity contribution in [2.45, 2.75) is 32.6 Å². The maximum absolute atomic E-state index is 13.9. The van der Waals surface area contributed by atoms with E-state index in [1.807, 2.05) is 0 Å². The van der Waals surface area contributed by atoms with E-state index in [0.29, 0.717) is 17.4 Å². The summed E-state index contributed by atoms with van der Waals surface area (Å²) in [6, 6.07) is 4.17. The van der Waals surface area contributed by atoms with Gasteiger partial charge in [-0.05, 0) is 55.8 Å². The Morgan fingerprint density at radius 2 is 1.94 bits per heavy atom. The van der Waals surface area contributed by atoms with E-state index < -0.39 is 11.6 Å². The zero-order chi connectivity index (χ0) is 13.1. The Bertz CT molecular complexity index is 383. The van der Waals surface area contributed by atoms with E-state index in [2.05, 4.69) is 19.2 Å². The molecular weight excluding hydrogens is 232 g/mol. The van der Waals surface area contributed by atoms with E-state index in [4.69, 9.17) is 0 Å². The number of hydrogen-bond acceptors (Lipinski definition) is 1. The Labute approximate surface area is 108 Å². The highest BCUT2D eigenvalue weighted by atomic mass is 19.1. The highest BCUT2D eigenvalue weighted by Crippen LogP contribution is 2.36. The van der Waals surface area contributed by atoms with Crippen molar-refractivity contribution in [3.63, 3.8) is 0 Å². The van der Waals surface area contributed by atoms with Crippen LogP contribution < -0.4 is 5.32 Å². The van der Waals surface area contributed by atoms with Crippen molar-refractivity contribution in [3.05, 3.63) is 35.4 Å². The molecule has 0 amide bonds. The first-order chi connectivity index (χ1) is 8.59. The smallest absolute Gasteiger partial charge is 0.129 e. The average molecular weight is 253 g/mol. The van der Waals surface area contributed by atoms with Crippen molar-refractivity contribution in [3.8, 4) is 0 Å². The lowest BCUT2D eigenvalue weighted by molar-refractivity contribution is 0.270. The predicted octanol–water partition coefficient (Wildman–Crippen LogP) is 3.70. The van der Waals surface area contributed by atoms with Crippen molar-refractivity contribution in [2.75, 3.05) is 13.1 Å². The van der Waals surface area contributed by atoms with Crippen LogP contribution in [0.4, 0.5) is 8.78 Å². The summed E-state index contributed by atoms with van der Waals surface area (Å²) < 4.78 is 27.8. The van der Waals surface area contributed by atoms with Gasteiger partial charge in [0.05, 0.1) is 0 Å². The van der Waals surface area contributed by atoms with Gasteiger partial charge in [0.2, 0.25) is 0 Å². The fourth-order valence-electron chi connectivity index (χ4n) is 3.02. The lowest BCUT2D eigenvalue weighted by Crippen LogP contribution is -2.36. The largest absolute Gasteiger partial charge is 0.316 e. The maximum atomic E-state index is 13.9. The minimum atomic E-state index is -0.393. The first kappa shape index (κ1) is 13.5. The molecule has 0 aromatic heterocycles. The Kier molecular flexibility index (Phi) is 4.33. The second kappa shape index (κ2) is 5.79. The third-order valence-electron chi connectivity index (χ3n) is 3.75. The molecular formula is C15H21F2N. The minimum absolute atomic E-state index is 0.00912. The van der Waals surface area contributed by atoms with Crippen LogP contribution in [0.15, 0.2) is 18.2 Å². The van der Waals surface area contributed by atoms with Crippen molar-refractivity contribution >= 4 is 0 Å². The van der Waals surface area contributed by atoms with Crippen LogP contribution in [-0.4, -0.2) is 13.1 Å². The molecule has 100 valence electrons. The molecule has 0 aliphatic carbocycles. The molecule has 1 N–H and O–H groups in total. The van der Waals surface area contributed by atoms with E-state index in [0.717, 1.165) is 25.9 Å². The van der Waals surface area contributed by atoms with Crippen LogP contribution in [0.3, 0.4) is 0 Å². The first-order valence-corrected chi connectivity index (χ1v) is 6.74. The fourth-order valence-corrected chi connectivity index (χ4v) is 3.02. The predicted molar refractivity (Wildman–Crippen MR) is 69.5 cm³/mol. The zero-order valence-electron chi connectivity index (χ0n) is 11.0. The molecule has 18 heavy (non-hydrogen) atoms. The summed E-state index contributed by atoms with van der Waals surface area (Å²) in [6.45, 7) is 6.01. The second-order valence-corrected chi connectivity index (χ2v) is 5.62. The Hall–Kier alpha value is -0.960. The Morgan fingerprint density at radius 3 is 2.56 bits per heavy atom. The molecule has 1 aliphatic rings. The van der Waals surface area contributed by atoms with Crippen LogP contribution in [0.1, 0.15) is 38.2 Å². The lowest BCUT2D eigenvalue weighted by atomic mass is 9.77. The number of hydrogen-bond donors (Lipinski definition) is 1. The van der Waals surface area contributed by atoms with Crippen LogP contribution in [-0.2, 0) is 0 Å². The van der Waals surface area contributed by atoms with Gasteiger partial charge in [-0.1, -0.05) is 19.9 Å². The summed E-state index contributed by atoms with van der Waals surface area (Å²) in [6.07, 6.45) is 1.82. The zero-order valence-corrected chi connectivity index (χ0v) is 11.0. The quantitative estimate of drug-likeness (QED) is 0.866. The Balaban J connectivity index is 2.28. The van der Waals surface area contributed by atoms with Gasteiger partial charge in [-0.25, -0.2) is 8.78 Å². The first-order valence-electron chi connectivity index (χ1n) is 6.74. The molecule has 1 aromatic rings. The van der Waals surface area contributed by atoms with Gasteiger partial charge in [0, 0.05) is 5.56 Å². The number of rotatable bonds is 3. The van der Waals surface area contributed by atoms with Crippen molar-refractivity contribution in [1.82, 2.24) is 5.32 Å². The van der Waals surface area contributed by atoms with Crippen LogP contribution >= 0.6 is 0 Å². The summed E-state index contributed by atoms with van der Waals surface area (Å²) in [7, 11) is 0. The summed E-state index contributed by atoms with van der Waals surface area (Å²) in [5.74, 6) is 0.0959. The van der Waals surface area contributed by atoms with E-state index in [1.165, 1.54) is 18.2 Å². The fraction of sp³-hybridized carbons (Fsp3) is 0.600. The number of halogens is 2. The molecule has 2 atom stereocenters. The molecule has 1 nitrogen and oxygen atoms in total. The van der Waals surface area contributed by atoms with Gasteiger partial charge < -0.3 is 5.32 Å². The molecule has 2 unspecified atom stereocenters. The van der Waals surface area contributed by atoms with Gasteiger partial charge in [-0.3, -0.25) is 0 Å². The third-order valence-corrected chi connectivity index (χ3v) is 3.75. The van der Waals surface area contributed by atoms with Crippen molar-refractivity contribution < 1.29 is 8.78 Å². The van der Waals surface area contributed by atoms with E-state index in [1.54, 1.807) is 0 Å². The van der Waals surface area contributed by atoms with Gasteiger partial charge in [-0.2, -0.15) is 0 Å². The Morgan fingerprint density at radius 1 is 1.28 bits per heavy atom. The van der Waals surface area contributed by atoms with Crippen molar-refractivity contribution in [1.29, 1.82) is 0 Å².